The Labute approximate surface area is 88.9 Å². The van der Waals surface area contributed by atoms with Gasteiger partial charge in [0.2, 0.25) is 5.91 Å². The van der Waals surface area contributed by atoms with Gasteiger partial charge in [0, 0.05) is 19.2 Å². The summed E-state index contributed by atoms with van der Waals surface area (Å²) in [7, 11) is 0. The molecule has 15 heavy (non-hydrogen) atoms. The van der Waals surface area contributed by atoms with Crippen LogP contribution in [0.3, 0.4) is 0 Å². The van der Waals surface area contributed by atoms with Crippen molar-refractivity contribution in [3.63, 3.8) is 0 Å². The molecule has 0 saturated carbocycles. The molecule has 1 rings (SSSR count). The highest BCUT2D eigenvalue weighted by molar-refractivity contribution is 5.88. The van der Waals surface area contributed by atoms with Crippen molar-refractivity contribution in [1.82, 2.24) is 4.90 Å². The lowest BCUT2D eigenvalue weighted by atomic mass is 10.1. The number of amides is 1. The SMILES string of the molecule is CC=CC=CC(=O)N1CCC(C(=O)O)C1. The van der Waals surface area contributed by atoms with Crippen molar-refractivity contribution in [2.75, 3.05) is 13.1 Å². The molecule has 0 aromatic rings. The summed E-state index contributed by atoms with van der Waals surface area (Å²) in [5.74, 6) is -1.33. The van der Waals surface area contributed by atoms with Crippen LogP contribution in [0.4, 0.5) is 0 Å². The van der Waals surface area contributed by atoms with Crippen LogP contribution in [0.15, 0.2) is 24.3 Å². The van der Waals surface area contributed by atoms with Crippen molar-refractivity contribution in [3.05, 3.63) is 24.3 Å². The molecule has 1 atom stereocenters. The molecule has 0 aromatic carbocycles. The third-order valence-corrected chi connectivity index (χ3v) is 2.39. The largest absolute Gasteiger partial charge is 0.481 e. The second-order valence-electron chi connectivity index (χ2n) is 3.49. The van der Waals surface area contributed by atoms with Crippen molar-refractivity contribution >= 4 is 11.9 Å². The highest BCUT2D eigenvalue weighted by Gasteiger charge is 2.29. The average Bonchev–Trinajstić information content (AvgIpc) is 2.66. The fourth-order valence-electron chi connectivity index (χ4n) is 1.52. The standard InChI is InChI=1S/C11H15NO3/c1-2-3-4-5-10(13)12-7-6-9(8-12)11(14)15/h2-5,9H,6-8H2,1H3,(H,14,15). The first-order valence-corrected chi connectivity index (χ1v) is 4.96. The number of carboxylic acids is 1. The number of carbonyl (C=O) groups excluding carboxylic acids is 1. The van der Waals surface area contributed by atoms with E-state index in [1.165, 1.54) is 6.08 Å². The van der Waals surface area contributed by atoms with E-state index in [-0.39, 0.29) is 5.91 Å². The molecule has 1 amide bonds. The van der Waals surface area contributed by atoms with Gasteiger partial charge in [-0.15, -0.1) is 0 Å². The monoisotopic (exact) mass is 209 g/mol. The lowest BCUT2D eigenvalue weighted by molar-refractivity contribution is -0.141. The summed E-state index contributed by atoms with van der Waals surface area (Å²) in [5.41, 5.74) is 0. The van der Waals surface area contributed by atoms with E-state index in [9.17, 15) is 9.59 Å². The van der Waals surface area contributed by atoms with Gasteiger partial charge in [0.15, 0.2) is 0 Å². The van der Waals surface area contributed by atoms with Crippen LogP contribution in [0.25, 0.3) is 0 Å². The smallest absolute Gasteiger partial charge is 0.308 e. The molecule has 82 valence electrons. The van der Waals surface area contributed by atoms with Crippen LogP contribution in [-0.2, 0) is 9.59 Å². The van der Waals surface area contributed by atoms with E-state index >= 15 is 0 Å². The number of aliphatic carboxylic acids is 1. The fraction of sp³-hybridized carbons (Fsp3) is 0.455. The first-order valence-electron chi connectivity index (χ1n) is 4.96. The van der Waals surface area contributed by atoms with Crippen LogP contribution in [0.2, 0.25) is 0 Å². The Morgan fingerprint density at radius 3 is 2.67 bits per heavy atom. The first-order chi connectivity index (χ1) is 7.15. The van der Waals surface area contributed by atoms with E-state index in [4.69, 9.17) is 5.11 Å². The van der Waals surface area contributed by atoms with Gasteiger partial charge >= 0.3 is 5.97 Å². The third-order valence-electron chi connectivity index (χ3n) is 2.39. The van der Waals surface area contributed by atoms with E-state index in [0.717, 1.165) is 0 Å². The van der Waals surface area contributed by atoms with Crippen molar-refractivity contribution in [1.29, 1.82) is 0 Å². The zero-order valence-electron chi connectivity index (χ0n) is 8.72. The molecule has 1 aliphatic rings. The number of carboxylic acid groups (broad SMARTS) is 1. The number of allylic oxidation sites excluding steroid dienone is 3. The average molecular weight is 209 g/mol. The molecule has 1 aliphatic heterocycles. The molecule has 1 heterocycles. The maximum Gasteiger partial charge on any atom is 0.308 e. The number of hydrogen-bond acceptors (Lipinski definition) is 2. The number of hydrogen-bond donors (Lipinski definition) is 1. The zero-order valence-corrected chi connectivity index (χ0v) is 8.72. The van der Waals surface area contributed by atoms with Gasteiger partial charge in [0.25, 0.3) is 0 Å². The summed E-state index contributed by atoms with van der Waals surface area (Å²) >= 11 is 0. The maximum absolute atomic E-state index is 11.5. The lowest BCUT2D eigenvalue weighted by Crippen LogP contribution is -2.28. The third kappa shape index (κ3) is 3.23. The fourth-order valence-corrected chi connectivity index (χ4v) is 1.52. The molecular weight excluding hydrogens is 194 g/mol. The first kappa shape index (κ1) is 11.5. The Balaban J connectivity index is 2.46. The van der Waals surface area contributed by atoms with Crippen LogP contribution < -0.4 is 0 Å². The summed E-state index contributed by atoms with van der Waals surface area (Å²) in [4.78, 5) is 23.7. The van der Waals surface area contributed by atoms with Gasteiger partial charge in [-0.1, -0.05) is 18.2 Å². The molecule has 4 nitrogen and oxygen atoms in total. The van der Waals surface area contributed by atoms with E-state index < -0.39 is 11.9 Å². The molecule has 0 aromatic heterocycles. The van der Waals surface area contributed by atoms with Crippen molar-refractivity contribution in [2.24, 2.45) is 5.92 Å². The van der Waals surface area contributed by atoms with Gasteiger partial charge in [-0.2, -0.15) is 0 Å². The van der Waals surface area contributed by atoms with E-state index in [1.807, 2.05) is 13.0 Å². The number of nitrogens with zero attached hydrogens (tertiary/aromatic N) is 1. The van der Waals surface area contributed by atoms with E-state index in [2.05, 4.69) is 0 Å². The number of rotatable bonds is 3. The van der Waals surface area contributed by atoms with Crippen molar-refractivity contribution < 1.29 is 14.7 Å². The Hall–Kier alpha value is -1.58. The molecule has 1 unspecified atom stereocenters. The van der Waals surface area contributed by atoms with Gasteiger partial charge < -0.3 is 10.0 Å². The molecule has 1 N–H and O–H groups in total. The van der Waals surface area contributed by atoms with Crippen LogP contribution in [0.1, 0.15) is 13.3 Å². The predicted octanol–water partition coefficient (Wildman–Crippen LogP) is 1.05. The molecule has 4 heteroatoms. The second-order valence-corrected chi connectivity index (χ2v) is 3.49. The highest BCUT2D eigenvalue weighted by Crippen LogP contribution is 2.16. The predicted molar refractivity (Wildman–Crippen MR) is 56.3 cm³/mol. The molecule has 0 spiro atoms. The minimum absolute atomic E-state index is 0.114. The van der Waals surface area contributed by atoms with Gasteiger partial charge in [-0.25, -0.2) is 0 Å². The van der Waals surface area contributed by atoms with Gasteiger partial charge in [-0.05, 0) is 13.3 Å². The Bertz CT molecular complexity index is 307. The summed E-state index contributed by atoms with van der Waals surface area (Å²) in [5, 5.41) is 8.76. The molecule has 1 saturated heterocycles. The summed E-state index contributed by atoms with van der Waals surface area (Å²) in [6.07, 6.45) is 7.27. The van der Waals surface area contributed by atoms with E-state index in [0.29, 0.717) is 19.5 Å². The van der Waals surface area contributed by atoms with Crippen LogP contribution in [-0.4, -0.2) is 35.0 Å². The second kappa shape index (κ2) is 5.34. The van der Waals surface area contributed by atoms with Crippen molar-refractivity contribution in [3.8, 4) is 0 Å². The molecule has 0 aliphatic carbocycles. The molecular formula is C11H15NO3. The van der Waals surface area contributed by atoms with Crippen molar-refractivity contribution in [2.45, 2.75) is 13.3 Å². The summed E-state index contributed by atoms with van der Waals surface area (Å²) in [6, 6.07) is 0. The normalized spacial score (nSPS) is 21.7. The number of likely N-dealkylation sites (tertiary alicyclic amines) is 1. The minimum atomic E-state index is -0.817. The Morgan fingerprint density at radius 1 is 1.40 bits per heavy atom. The zero-order chi connectivity index (χ0) is 11.3. The maximum atomic E-state index is 11.5. The van der Waals surface area contributed by atoms with Gasteiger partial charge in [-0.3, -0.25) is 9.59 Å². The molecule has 0 radical (unpaired) electrons. The van der Waals surface area contributed by atoms with Crippen LogP contribution in [0.5, 0.6) is 0 Å². The lowest BCUT2D eigenvalue weighted by Gasteiger charge is -2.12. The number of carbonyl (C=O) groups is 2. The quantitative estimate of drug-likeness (QED) is 0.558. The Kier molecular flexibility index (Phi) is 4.09. The Morgan fingerprint density at radius 2 is 2.13 bits per heavy atom. The van der Waals surface area contributed by atoms with Gasteiger partial charge in [0.05, 0.1) is 5.92 Å². The molecule has 0 bridgehead atoms. The van der Waals surface area contributed by atoms with E-state index in [1.54, 1.807) is 17.1 Å². The highest BCUT2D eigenvalue weighted by atomic mass is 16.4. The van der Waals surface area contributed by atoms with Crippen LogP contribution in [0, 0.1) is 5.92 Å². The van der Waals surface area contributed by atoms with Gasteiger partial charge in [0.1, 0.15) is 0 Å². The molecule has 1 fully saturated rings. The van der Waals surface area contributed by atoms with Crippen LogP contribution >= 0.6 is 0 Å². The summed E-state index contributed by atoms with van der Waals surface area (Å²) < 4.78 is 0. The summed E-state index contributed by atoms with van der Waals surface area (Å²) in [6.45, 7) is 2.73. The minimum Gasteiger partial charge on any atom is -0.481 e. The topological polar surface area (TPSA) is 57.6 Å².